The molecule has 4 aromatic carbocycles. The van der Waals surface area contributed by atoms with Crippen molar-refractivity contribution in [1.82, 2.24) is 0 Å². The van der Waals surface area contributed by atoms with Gasteiger partial charge < -0.3 is 28.7 Å². The predicted octanol–water partition coefficient (Wildman–Crippen LogP) is 7.47. The van der Waals surface area contributed by atoms with Gasteiger partial charge >= 0.3 is 0 Å². The molecule has 0 bridgehead atoms. The van der Waals surface area contributed by atoms with Gasteiger partial charge in [-0.2, -0.15) is 0 Å². The summed E-state index contributed by atoms with van der Waals surface area (Å²) in [5, 5.41) is 0. The average molecular weight is 649 g/mol. The number of amides is 2. The van der Waals surface area contributed by atoms with Crippen molar-refractivity contribution in [2.24, 2.45) is 0 Å². The number of nitrogens with zero attached hydrogens (tertiary/aromatic N) is 2. The lowest BCUT2D eigenvalue weighted by Crippen LogP contribution is -2.39. The number of carbonyl (C=O) groups excluding carboxylic acids is 2. The lowest BCUT2D eigenvalue weighted by atomic mass is 9.71. The third kappa shape index (κ3) is 4.56. The smallest absolute Gasteiger partial charge is 0.241 e. The van der Waals surface area contributed by atoms with Crippen LogP contribution in [0.3, 0.4) is 0 Å². The fourth-order valence-corrected chi connectivity index (χ4v) is 8.01. The summed E-state index contributed by atoms with van der Waals surface area (Å²) in [5.41, 5.74) is 6.91. The number of hydrogen-bond donors (Lipinski definition) is 0. The molecule has 0 saturated carbocycles. The van der Waals surface area contributed by atoms with Crippen molar-refractivity contribution in [3.8, 4) is 23.0 Å². The van der Waals surface area contributed by atoms with Gasteiger partial charge in [0.05, 0.1) is 0 Å². The van der Waals surface area contributed by atoms with E-state index in [0.717, 1.165) is 67.8 Å². The van der Waals surface area contributed by atoms with E-state index in [1.54, 1.807) is 9.80 Å². The van der Waals surface area contributed by atoms with E-state index >= 15 is 0 Å². The summed E-state index contributed by atoms with van der Waals surface area (Å²) in [4.78, 5) is 30.1. The molecule has 0 saturated heterocycles. The molecule has 0 radical (unpaired) electrons. The second-order valence-electron chi connectivity index (χ2n) is 12.6. The Labute approximate surface area is 283 Å². The highest BCUT2D eigenvalue weighted by molar-refractivity contribution is 6.11. The minimum absolute atomic E-state index is 0. The largest absolute Gasteiger partial charge is 0.486 e. The van der Waals surface area contributed by atoms with Crippen molar-refractivity contribution in [2.45, 2.75) is 58.8 Å². The standard InChI is InChI=1S/C20H21NO3.C19H19NO3.CH4/c1-4-20(14-7-5-6-8-16(14)21(3)19(20)22)15-12-18-17(11-13(15)2)23-9-10-24-18;1-4-19(13-7-5-6-8-15(13)20(3)18(19)21)14-10-17-16(9-12(14)2)22-11-23-17;/h5-8,11-12H,4,9-10H2,1-3H3;5-10H,4,11H2,1-3H3;1H4/t20-;19-;/m00./s1. The van der Waals surface area contributed by atoms with Crippen molar-refractivity contribution < 1.29 is 28.5 Å². The van der Waals surface area contributed by atoms with Gasteiger partial charge in [-0.1, -0.05) is 57.7 Å². The number of ether oxygens (including phenoxy) is 4. The molecule has 2 atom stereocenters. The Morgan fingerprint density at radius 3 is 1.40 bits per heavy atom. The Bertz CT molecular complexity index is 1920. The van der Waals surface area contributed by atoms with Crippen LogP contribution in [-0.2, 0) is 20.4 Å². The van der Waals surface area contributed by atoms with Gasteiger partial charge in [0.15, 0.2) is 23.0 Å². The highest BCUT2D eigenvalue weighted by Crippen LogP contribution is 2.52. The lowest BCUT2D eigenvalue weighted by Gasteiger charge is -2.31. The van der Waals surface area contributed by atoms with E-state index < -0.39 is 10.8 Å². The number of hydrogen-bond acceptors (Lipinski definition) is 6. The maximum Gasteiger partial charge on any atom is 0.241 e. The Morgan fingerprint density at radius 2 is 0.958 bits per heavy atom. The molecule has 0 aliphatic carbocycles. The van der Waals surface area contributed by atoms with Crippen LogP contribution >= 0.6 is 0 Å². The van der Waals surface area contributed by atoms with Crippen molar-refractivity contribution in [2.75, 3.05) is 43.9 Å². The van der Waals surface area contributed by atoms with Crippen LogP contribution in [0.2, 0.25) is 0 Å². The third-order valence-electron chi connectivity index (χ3n) is 10.4. The monoisotopic (exact) mass is 648 g/mol. The first kappa shape index (κ1) is 32.9. The van der Waals surface area contributed by atoms with Gasteiger partial charge in [0, 0.05) is 25.5 Å². The molecule has 4 aromatic rings. The van der Waals surface area contributed by atoms with Crippen LogP contribution in [0.4, 0.5) is 11.4 Å². The number of carbonyl (C=O) groups is 2. The van der Waals surface area contributed by atoms with E-state index in [4.69, 9.17) is 18.9 Å². The number of aryl methyl sites for hydroxylation is 2. The highest BCUT2D eigenvalue weighted by atomic mass is 16.7. The van der Waals surface area contributed by atoms with Gasteiger partial charge in [0.1, 0.15) is 24.0 Å². The van der Waals surface area contributed by atoms with Crippen LogP contribution < -0.4 is 28.7 Å². The van der Waals surface area contributed by atoms with E-state index in [0.29, 0.717) is 26.1 Å². The van der Waals surface area contributed by atoms with Crippen LogP contribution in [0.25, 0.3) is 0 Å². The summed E-state index contributed by atoms with van der Waals surface area (Å²) in [7, 11) is 3.70. The summed E-state index contributed by atoms with van der Waals surface area (Å²) in [6.45, 7) is 9.56. The zero-order chi connectivity index (χ0) is 33.1. The molecule has 0 spiro atoms. The third-order valence-corrected chi connectivity index (χ3v) is 10.4. The van der Waals surface area contributed by atoms with E-state index in [-0.39, 0.29) is 26.0 Å². The van der Waals surface area contributed by atoms with Gasteiger partial charge in [-0.05, 0) is 96.5 Å². The van der Waals surface area contributed by atoms with Gasteiger partial charge in [0.25, 0.3) is 0 Å². The molecule has 8 nitrogen and oxygen atoms in total. The molecule has 4 heterocycles. The molecule has 250 valence electrons. The first-order valence-corrected chi connectivity index (χ1v) is 16.3. The van der Waals surface area contributed by atoms with E-state index in [1.165, 1.54) is 0 Å². The summed E-state index contributed by atoms with van der Waals surface area (Å²) >= 11 is 0. The van der Waals surface area contributed by atoms with Gasteiger partial charge in [-0.15, -0.1) is 0 Å². The molecule has 4 aliphatic heterocycles. The van der Waals surface area contributed by atoms with E-state index in [9.17, 15) is 9.59 Å². The second kappa shape index (κ2) is 12.2. The van der Waals surface area contributed by atoms with Crippen molar-refractivity contribution in [3.05, 3.63) is 106 Å². The Balaban J connectivity index is 0.000000164. The Kier molecular flexibility index (Phi) is 8.40. The fourth-order valence-electron chi connectivity index (χ4n) is 8.01. The van der Waals surface area contributed by atoms with Gasteiger partial charge in [0.2, 0.25) is 18.6 Å². The van der Waals surface area contributed by atoms with Crippen LogP contribution in [0, 0.1) is 13.8 Å². The van der Waals surface area contributed by atoms with Crippen LogP contribution in [0.5, 0.6) is 23.0 Å². The number of anilines is 2. The molecule has 4 aliphatic rings. The fraction of sp³-hybridized carbons (Fsp3) is 0.350. The summed E-state index contributed by atoms with van der Waals surface area (Å²) in [6, 6.07) is 24.0. The van der Waals surface area contributed by atoms with Crippen molar-refractivity contribution >= 4 is 23.2 Å². The number of fused-ring (bicyclic) bond motifs is 4. The minimum Gasteiger partial charge on any atom is -0.486 e. The minimum atomic E-state index is -0.661. The van der Waals surface area contributed by atoms with E-state index in [1.807, 2.05) is 88.6 Å². The zero-order valence-corrected chi connectivity index (χ0v) is 27.8. The molecule has 0 N–H and O–H groups in total. The molecule has 2 amide bonds. The summed E-state index contributed by atoms with van der Waals surface area (Å²) in [5.74, 6) is 3.20. The normalized spacial score (nSPS) is 21.3. The van der Waals surface area contributed by atoms with Crippen LogP contribution in [-0.4, -0.2) is 45.9 Å². The molecule has 0 fully saturated rings. The number of rotatable bonds is 4. The lowest BCUT2D eigenvalue weighted by molar-refractivity contribution is -0.122. The molecule has 48 heavy (non-hydrogen) atoms. The maximum atomic E-state index is 13.3. The Hall–Kier alpha value is -4.98. The quantitative estimate of drug-likeness (QED) is 0.229. The molecule has 0 unspecified atom stereocenters. The predicted molar refractivity (Wildman–Crippen MR) is 188 cm³/mol. The van der Waals surface area contributed by atoms with Gasteiger partial charge in [-0.25, -0.2) is 0 Å². The number of para-hydroxylation sites is 2. The molecular formula is C40H44N2O6. The SMILES string of the molecule is C.CC[C@]1(c2cc3c(cc2C)OCCO3)C(=O)N(C)c2ccccc21.CC[C@]1(c2cc3c(cc2C)OCO3)C(=O)N(C)c2ccccc21. The second-order valence-corrected chi connectivity index (χ2v) is 12.6. The maximum absolute atomic E-state index is 13.3. The van der Waals surface area contributed by atoms with Crippen molar-refractivity contribution in [3.63, 3.8) is 0 Å². The van der Waals surface area contributed by atoms with Crippen LogP contribution in [0.1, 0.15) is 67.5 Å². The van der Waals surface area contributed by atoms with Crippen LogP contribution in [0.15, 0.2) is 72.8 Å². The van der Waals surface area contributed by atoms with Crippen molar-refractivity contribution in [1.29, 1.82) is 0 Å². The number of likely N-dealkylation sites (N-methyl/N-ethyl adjacent to an activating group) is 2. The molecule has 8 rings (SSSR count). The average Bonchev–Trinajstić information content (AvgIpc) is 3.71. The van der Waals surface area contributed by atoms with E-state index in [2.05, 4.69) is 26.0 Å². The summed E-state index contributed by atoms with van der Waals surface area (Å²) < 4.78 is 22.5. The zero-order valence-electron chi connectivity index (χ0n) is 27.8. The Morgan fingerprint density at radius 1 is 0.583 bits per heavy atom. The molecule has 0 aromatic heterocycles. The first-order chi connectivity index (χ1) is 22.7. The van der Waals surface area contributed by atoms with Gasteiger partial charge in [-0.3, -0.25) is 9.59 Å². The first-order valence-electron chi connectivity index (χ1n) is 16.3. The highest BCUT2D eigenvalue weighted by Gasteiger charge is 2.52. The molecular weight excluding hydrogens is 604 g/mol. The number of benzene rings is 4. The molecule has 8 heteroatoms. The summed E-state index contributed by atoms with van der Waals surface area (Å²) in [6.07, 6.45) is 1.40. The topological polar surface area (TPSA) is 77.5 Å².